The van der Waals surface area contributed by atoms with Gasteiger partial charge in [-0.25, -0.2) is 0 Å². The average molecular weight is 329 g/mol. The molecule has 2 amide bonds. The summed E-state index contributed by atoms with van der Waals surface area (Å²) in [6, 6.07) is 8.46. The highest BCUT2D eigenvalue weighted by Crippen LogP contribution is 2.27. The largest absolute Gasteiger partial charge is 0.496 e. The van der Waals surface area contributed by atoms with Crippen molar-refractivity contribution in [1.29, 1.82) is 0 Å². The lowest BCUT2D eigenvalue weighted by atomic mass is 10.1. The van der Waals surface area contributed by atoms with E-state index in [2.05, 4.69) is 15.6 Å². The number of methoxy groups -OCH3 is 2. The first-order chi connectivity index (χ1) is 11.7. The van der Waals surface area contributed by atoms with Crippen LogP contribution in [0.5, 0.6) is 11.5 Å². The van der Waals surface area contributed by atoms with Crippen LogP contribution in [0.3, 0.4) is 0 Å². The van der Waals surface area contributed by atoms with Gasteiger partial charge in [0, 0.05) is 25.5 Å². The van der Waals surface area contributed by atoms with Crippen molar-refractivity contribution in [2.45, 2.75) is 0 Å². The molecule has 0 saturated carbocycles. The summed E-state index contributed by atoms with van der Waals surface area (Å²) in [5.74, 6) is 0.268. The molecular formula is C17H19N3O4. The summed E-state index contributed by atoms with van der Waals surface area (Å²) < 4.78 is 10.4. The Bertz CT molecular complexity index is 682. The Labute approximate surface area is 140 Å². The van der Waals surface area contributed by atoms with Crippen molar-refractivity contribution >= 4 is 11.8 Å². The van der Waals surface area contributed by atoms with Crippen LogP contribution in [0.2, 0.25) is 0 Å². The van der Waals surface area contributed by atoms with Gasteiger partial charge < -0.3 is 20.1 Å². The molecule has 0 aliphatic heterocycles. The first-order valence-corrected chi connectivity index (χ1v) is 7.34. The van der Waals surface area contributed by atoms with Gasteiger partial charge in [0.05, 0.1) is 19.8 Å². The summed E-state index contributed by atoms with van der Waals surface area (Å²) in [5.41, 5.74) is 0.788. The number of aromatic nitrogens is 1. The van der Waals surface area contributed by atoms with Gasteiger partial charge in [-0.2, -0.15) is 0 Å². The summed E-state index contributed by atoms with van der Waals surface area (Å²) in [4.78, 5) is 28.1. The van der Waals surface area contributed by atoms with Gasteiger partial charge in [-0.05, 0) is 24.3 Å². The first kappa shape index (κ1) is 17.3. The van der Waals surface area contributed by atoms with Crippen molar-refractivity contribution in [2.75, 3.05) is 27.3 Å². The smallest absolute Gasteiger partial charge is 0.258 e. The van der Waals surface area contributed by atoms with E-state index < -0.39 is 0 Å². The van der Waals surface area contributed by atoms with E-state index in [4.69, 9.17) is 9.47 Å². The highest BCUT2D eigenvalue weighted by atomic mass is 16.5. The fourth-order valence-corrected chi connectivity index (χ4v) is 2.11. The molecule has 0 saturated heterocycles. The molecule has 0 unspecified atom stereocenters. The molecule has 0 fully saturated rings. The highest BCUT2D eigenvalue weighted by Gasteiger charge is 2.17. The van der Waals surface area contributed by atoms with E-state index in [1.807, 2.05) is 0 Å². The molecule has 1 aromatic heterocycles. The molecule has 0 atom stereocenters. The molecule has 24 heavy (non-hydrogen) atoms. The Morgan fingerprint density at radius 3 is 2.12 bits per heavy atom. The number of nitrogens with zero attached hydrogens (tertiary/aromatic N) is 1. The number of carbonyl (C=O) groups excluding carboxylic acids is 2. The van der Waals surface area contributed by atoms with Gasteiger partial charge >= 0.3 is 0 Å². The lowest BCUT2D eigenvalue weighted by Crippen LogP contribution is -2.35. The van der Waals surface area contributed by atoms with E-state index in [1.165, 1.54) is 20.4 Å². The summed E-state index contributed by atoms with van der Waals surface area (Å²) >= 11 is 0. The normalized spacial score (nSPS) is 9.92. The van der Waals surface area contributed by atoms with E-state index >= 15 is 0 Å². The van der Waals surface area contributed by atoms with Crippen LogP contribution in [0.15, 0.2) is 42.7 Å². The van der Waals surface area contributed by atoms with Crippen LogP contribution in [0, 0.1) is 0 Å². The van der Waals surface area contributed by atoms with Crippen molar-refractivity contribution in [1.82, 2.24) is 15.6 Å². The van der Waals surface area contributed by atoms with Crippen molar-refractivity contribution in [3.63, 3.8) is 0 Å². The quantitative estimate of drug-likeness (QED) is 0.747. The number of pyridine rings is 1. The topological polar surface area (TPSA) is 89.5 Å². The molecule has 7 heteroatoms. The number of hydrogen-bond donors (Lipinski definition) is 2. The second-order valence-corrected chi connectivity index (χ2v) is 4.79. The Balaban J connectivity index is 1.89. The molecule has 0 aliphatic carbocycles. The third-order valence-corrected chi connectivity index (χ3v) is 3.27. The average Bonchev–Trinajstić information content (AvgIpc) is 2.64. The van der Waals surface area contributed by atoms with Crippen LogP contribution in [0.1, 0.15) is 20.7 Å². The van der Waals surface area contributed by atoms with Crippen molar-refractivity contribution in [2.24, 2.45) is 0 Å². The zero-order valence-corrected chi connectivity index (χ0v) is 13.5. The van der Waals surface area contributed by atoms with E-state index in [0.29, 0.717) is 22.6 Å². The van der Waals surface area contributed by atoms with Gasteiger partial charge in [-0.3, -0.25) is 14.6 Å². The maximum absolute atomic E-state index is 12.3. The third kappa shape index (κ3) is 4.22. The molecule has 0 spiro atoms. The number of nitrogens with one attached hydrogen (secondary N) is 2. The number of benzene rings is 1. The summed E-state index contributed by atoms with van der Waals surface area (Å²) in [6.07, 6.45) is 3.07. The molecule has 126 valence electrons. The number of rotatable bonds is 7. The second-order valence-electron chi connectivity index (χ2n) is 4.79. The molecule has 2 rings (SSSR count). The number of carbonyl (C=O) groups is 2. The molecule has 2 aromatic rings. The van der Waals surface area contributed by atoms with Crippen LogP contribution in [-0.2, 0) is 0 Å². The molecule has 0 radical (unpaired) electrons. The Kier molecular flexibility index (Phi) is 6.13. The van der Waals surface area contributed by atoms with E-state index in [-0.39, 0.29) is 24.9 Å². The third-order valence-electron chi connectivity index (χ3n) is 3.27. The Morgan fingerprint density at radius 2 is 1.58 bits per heavy atom. The van der Waals surface area contributed by atoms with Crippen molar-refractivity contribution in [3.8, 4) is 11.5 Å². The van der Waals surface area contributed by atoms with Gasteiger partial charge in [0.15, 0.2) is 0 Å². The SMILES string of the molecule is COc1cccc(OC)c1C(=O)NCCNC(=O)c1cccnc1. The molecule has 1 heterocycles. The first-order valence-electron chi connectivity index (χ1n) is 7.34. The molecule has 7 nitrogen and oxygen atoms in total. The maximum Gasteiger partial charge on any atom is 0.258 e. The summed E-state index contributed by atoms with van der Waals surface area (Å²) in [7, 11) is 2.97. The van der Waals surface area contributed by atoms with Gasteiger partial charge in [-0.1, -0.05) is 6.07 Å². The monoisotopic (exact) mass is 329 g/mol. The minimum Gasteiger partial charge on any atom is -0.496 e. The summed E-state index contributed by atoms with van der Waals surface area (Å²) in [5, 5.41) is 5.43. The molecule has 0 bridgehead atoms. The van der Waals surface area contributed by atoms with E-state index in [1.54, 1.807) is 36.5 Å². The fourth-order valence-electron chi connectivity index (χ4n) is 2.11. The minimum atomic E-state index is -0.333. The van der Waals surface area contributed by atoms with Crippen molar-refractivity contribution in [3.05, 3.63) is 53.9 Å². The van der Waals surface area contributed by atoms with Gasteiger partial charge in [0.1, 0.15) is 17.1 Å². The van der Waals surface area contributed by atoms with Crippen LogP contribution in [0.25, 0.3) is 0 Å². The second kappa shape index (κ2) is 8.52. The Morgan fingerprint density at radius 1 is 0.958 bits per heavy atom. The predicted molar refractivity (Wildman–Crippen MR) is 88.4 cm³/mol. The number of hydrogen-bond acceptors (Lipinski definition) is 5. The molecule has 2 N–H and O–H groups in total. The lowest BCUT2D eigenvalue weighted by Gasteiger charge is -2.13. The van der Waals surface area contributed by atoms with Crippen LogP contribution in [0.4, 0.5) is 0 Å². The van der Waals surface area contributed by atoms with Crippen molar-refractivity contribution < 1.29 is 19.1 Å². The van der Waals surface area contributed by atoms with Crippen LogP contribution >= 0.6 is 0 Å². The Hall–Kier alpha value is -3.09. The number of ether oxygens (including phenoxy) is 2. The molecule has 1 aromatic carbocycles. The van der Waals surface area contributed by atoms with Crippen LogP contribution in [-0.4, -0.2) is 44.1 Å². The molecule has 0 aliphatic rings. The van der Waals surface area contributed by atoms with E-state index in [9.17, 15) is 9.59 Å². The van der Waals surface area contributed by atoms with Gasteiger partial charge in [0.25, 0.3) is 11.8 Å². The van der Waals surface area contributed by atoms with Gasteiger partial charge in [-0.15, -0.1) is 0 Å². The predicted octanol–water partition coefficient (Wildman–Crippen LogP) is 1.26. The number of amides is 2. The van der Waals surface area contributed by atoms with E-state index in [0.717, 1.165) is 0 Å². The van der Waals surface area contributed by atoms with Gasteiger partial charge in [0.2, 0.25) is 0 Å². The summed E-state index contributed by atoms with van der Waals surface area (Å²) in [6.45, 7) is 0.559. The molecular weight excluding hydrogens is 310 g/mol. The zero-order valence-electron chi connectivity index (χ0n) is 13.5. The standard InChI is InChI=1S/C17H19N3O4/c1-23-13-6-3-7-14(24-2)15(13)17(22)20-10-9-19-16(21)12-5-4-8-18-11-12/h3-8,11H,9-10H2,1-2H3,(H,19,21)(H,20,22). The maximum atomic E-state index is 12.3. The minimum absolute atomic E-state index is 0.243. The highest BCUT2D eigenvalue weighted by molar-refractivity contribution is 5.99. The fraction of sp³-hybridized carbons (Fsp3) is 0.235. The zero-order chi connectivity index (χ0) is 17.4. The lowest BCUT2D eigenvalue weighted by molar-refractivity contribution is 0.0924. The van der Waals surface area contributed by atoms with Crippen LogP contribution < -0.4 is 20.1 Å².